The van der Waals surface area contributed by atoms with Gasteiger partial charge in [0.25, 0.3) is 5.91 Å². The zero-order valence-electron chi connectivity index (χ0n) is 12.9. The smallest absolute Gasteiger partial charge is 0.262 e. The number of carbonyl (C=O) groups is 1. The predicted octanol–water partition coefficient (Wildman–Crippen LogP) is 2.71. The normalized spacial score (nSPS) is 16.3. The maximum Gasteiger partial charge on any atom is 0.262 e. The largest absolute Gasteiger partial charge is 0.364 e. The molecule has 24 heavy (non-hydrogen) atoms. The van der Waals surface area contributed by atoms with Crippen molar-refractivity contribution < 1.29 is 9.18 Å². The summed E-state index contributed by atoms with van der Waals surface area (Å²) in [7, 11) is 0. The minimum Gasteiger partial charge on any atom is -0.364 e. The molecular weight excluding hydrogens is 327 g/mol. The van der Waals surface area contributed by atoms with Crippen LogP contribution in [0.2, 0.25) is 0 Å². The Labute approximate surface area is 142 Å². The van der Waals surface area contributed by atoms with Gasteiger partial charge in [-0.25, -0.2) is 13.8 Å². The minimum absolute atomic E-state index is 0.0385. The van der Waals surface area contributed by atoms with E-state index >= 15 is 0 Å². The van der Waals surface area contributed by atoms with Crippen LogP contribution in [0.5, 0.6) is 0 Å². The molecule has 0 atom stereocenters. The Hall–Kier alpha value is -2.54. The summed E-state index contributed by atoms with van der Waals surface area (Å²) in [6, 6.07) is 6.21. The summed E-state index contributed by atoms with van der Waals surface area (Å²) in [5.74, 6) is -0.312. The first-order valence-corrected chi connectivity index (χ1v) is 8.46. The van der Waals surface area contributed by atoms with Crippen molar-refractivity contribution in [2.45, 2.75) is 13.0 Å². The Kier molecular flexibility index (Phi) is 3.86. The molecule has 1 amide bonds. The van der Waals surface area contributed by atoms with Crippen LogP contribution in [0.4, 0.5) is 4.39 Å². The van der Waals surface area contributed by atoms with Crippen LogP contribution in [0.15, 0.2) is 41.8 Å². The molecule has 0 N–H and O–H groups in total. The standard InChI is InChI=1S/C17H15FN4OS/c18-14-3-1-12(2-4-14)15-5-8-22(20-15)17(23)11-21-7-6-16-13(10-21)9-19-24-16/h1-4,6-7,9H,5,8,10-11H2. The summed E-state index contributed by atoms with van der Waals surface area (Å²) >= 11 is 1.46. The summed E-state index contributed by atoms with van der Waals surface area (Å²) in [5, 5.41) is 5.91. The van der Waals surface area contributed by atoms with Gasteiger partial charge >= 0.3 is 0 Å². The third kappa shape index (κ3) is 2.94. The molecule has 2 aromatic rings. The molecule has 3 heterocycles. The van der Waals surface area contributed by atoms with Crippen LogP contribution in [0.25, 0.3) is 6.08 Å². The van der Waals surface area contributed by atoms with E-state index in [4.69, 9.17) is 0 Å². The Balaban J connectivity index is 1.41. The van der Waals surface area contributed by atoms with E-state index in [1.165, 1.54) is 28.7 Å². The van der Waals surface area contributed by atoms with E-state index in [1.54, 1.807) is 12.1 Å². The highest BCUT2D eigenvalue weighted by molar-refractivity contribution is 7.06. The summed E-state index contributed by atoms with van der Waals surface area (Å²) in [4.78, 5) is 15.6. The molecule has 0 fully saturated rings. The van der Waals surface area contributed by atoms with Crippen molar-refractivity contribution in [1.82, 2.24) is 14.3 Å². The highest BCUT2D eigenvalue weighted by Crippen LogP contribution is 2.23. The van der Waals surface area contributed by atoms with E-state index in [1.807, 2.05) is 23.4 Å². The zero-order chi connectivity index (χ0) is 16.5. The summed E-state index contributed by atoms with van der Waals surface area (Å²) in [6.45, 7) is 1.54. The van der Waals surface area contributed by atoms with Crippen LogP contribution in [-0.2, 0) is 11.3 Å². The fourth-order valence-electron chi connectivity index (χ4n) is 2.82. The van der Waals surface area contributed by atoms with Gasteiger partial charge in [0.15, 0.2) is 0 Å². The molecule has 0 saturated carbocycles. The summed E-state index contributed by atoms with van der Waals surface area (Å²) in [5.41, 5.74) is 2.83. The molecule has 122 valence electrons. The maximum absolute atomic E-state index is 13.0. The molecule has 0 saturated heterocycles. The summed E-state index contributed by atoms with van der Waals surface area (Å²) in [6.07, 6.45) is 6.45. The quantitative estimate of drug-likeness (QED) is 0.862. The van der Waals surface area contributed by atoms with Crippen LogP contribution in [0.3, 0.4) is 0 Å². The van der Waals surface area contributed by atoms with Crippen molar-refractivity contribution in [3.8, 4) is 0 Å². The number of fused-ring (bicyclic) bond motifs is 1. The molecule has 2 aliphatic rings. The van der Waals surface area contributed by atoms with Gasteiger partial charge in [0.2, 0.25) is 0 Å². The number of benzene rings is 1. The molecule has 4 rings (SSSR count). The van der Waals surface area contributed by atoms with Gasteiger partial charge in [-0.1, -0.05) is 12.1 Å². The number of hydrogen-bond acceptors (Lipinski definition) is 5. The second-order valence-electron chi connectivity index (χ2n) is 5.76. The molecule has 2 aliphatic heterocycles. The van der Waals surface area contributed by atoms with E-state index in [9.17, 15) is 9.18 Å². The molecule has 1 aromatic carbocycles. The Bertz CT molecular complexity index is 827. The van der Waals surface area contributed by atoms with Crippen LogP contribution < -0.4 is 0 Å². The van der Waals surface area contributed by atoms with E-state index < -0.39 is 0 Å². The molecule has 1 aromatic heterocycles. The highest BCUT2D eigenvalue weighted by Gasteiger charge is 2.24. The third-order valence-corrected chi connectivity index (χ3v) is 4.90. The lowest BCUT2D eigenvalue weighted by Gasteiger charge is -2.24. The summed E-state index contributed by atoms with van der Waals surface area (Å²) < 4.78 is 17.2. The zero-order valence-corrected chi connectivity index (χ0v) is 13.7. The first-order chi connectivity index (χ1) is 11.7. The van der Waals surface area contributed by atoms with Crippen molar-refractivity contribution in [3.63, 3.8) is 0 Å². The predicted molar refractivity (Wildman–Crippen MR) is 90.8 cm³/mol. The number of halogens is 1. The van der Waals surface area contributed by atoms with Gasteiger partial charge in [0.1, 0.15) is 5.82 Å². The minimum atomic E-state index is -0.274. The van der Waals surface area contributed by atoms with Crippen molar-refractivity contribution in [2.75, 3.05) is 13.1 Å². The molecule has 5 nitrogen and oxygen atoms in total. The van der Waals surface area contributed by atoms with Gasteiger partial charge in [-0.2, -0.15) is 5.10 Å². The monoisotopic (exact) mass is 342 g/mol. The van der Waals surface area contributed by atoms with Gasteiger partial charge in [0.05, 0.1) is 23.7 Å². The van der Waals surface area contributed by atoms with Gasteiger partial charge < -0.3 is 4.90 Å². The second kappa shape index (κ2) is 6.16. The highest BCUT2D eigenvalue weighted by atomic mass is 32.1. The number of aromatic nitrogens is 1. The topological polar surface area (TPSA) is 48.8 Å². The molecule has 7 heteroatoms. The van der Waals surface area contributed by atoms with E-state index in [0.717, 1.165) is 21.7 Å². The SMILES string of the molecule is O=C(CN1C=Cc2sncc2C1)N1CCC(c2ccc(F)cc2)=N1. The van der Waals surface area contributed by atoms with Crippen LogP contribution >= 0.6 is 11.5 Å². The lowest BCUT2D eigenvalue weighted by molar-refractivity contribution is -0.131. The maximum atomic E-state index is 13.0. The number of amides is 1. The average molecular weight is 342 g/mol. The molecule has 0 unspecified atom stereocenters. The van der Waals surface area contributed by atoms with Crippen LogP contribution in [-0.4, -0.2) is 39.0 Å². The number of carbonyl (C=O) groups excluding carboxylic acids is 1. The fraction of sp³-hybridized carbons (Fsp3) is 0.235. The fourth-order valence-corrected chi connectivity index (χ4v) is 3.47. The molecule has 0 spiro atoms. The molecule has 0 bridgehead atoms. The molecule has 0 radical (unpaired) electrons. The van der Waals surface area contributed by atoms with Gasteiger partial charge in [-0.05, 0) is 35.3 Å². The van der Waals surface area contributed by atoms with Gasteiger partial charge in [-0.3, -0.25) is 4.79 Å². The Morgan fingerprint density at radius 2 is 2.12 bits per heavy atom. The van der Waals surface area contributed by atoms with Crippen molar-refractivity contribution in [2.24, 2.45) is 5.10 Å². The lowest BCUT2D eigenvalue weighted by Crippen LogP contribution is -2.34. The third-order valence-electron chi connectivity index (χ3n) is 4.09. The molecular formula is C17H15FN4OS. The van der Waals surface area contributed by atoms with Crippen molar-refractivity contribution >= 4 is 29.2 Å². The number of hydrazone groups is 1. The first-order valence-electron chi connectivity index (χ1n) is 7.68. The number of nitrogens with zero attached hydrogens (tertiary/aromatic N) is 4. The van der Waals surface area contributed by atoms with Gasteiger partial charge in [0, 0.05) is 30.9 Å². The molecule has 0 aliphatic carbocycles. The number of hydrogen-bond donors (Lipinski definition) is 0. The van der Waals surface area contributed by atoms with Crippen molar-refractivity contribution in [1.29, 1.82) is 0 Å². The first kappa shape index (κ1) is 15.0. The lowest BCUT2D eigenvalue weighted by atomic mass is 10.1. The Morgan fingerprint density at radius 3 is 2.96 bits per heavy atom. The van der Waals surface area contributed by atoms with Crippen LogP contribution in [0, 0.1) is 5.82 Å². The number of rotatable bonds is 3. The second-order valence-corrected chi connectivity index (χ2v) is 6.59. The van der Waals surface area contributed by atoms with Crippen LogP contribution in [0.1, 0.15) is 22.4 Å². The van der Waals surface area contributed by atoms with E-state index in [-0.39, 0.29) is 18.3 Å². The van der Waals surface area contributed by atoms with E-state index in [0.29, 0.717) is 19.5 Å². The Morgan fingerprint density at radius 1 is 1.29 bits per heavy atom. The van der Waals surface area contributed by atoms with E-state index in [2.05, 4.69) is 9.47 Å². The van der Waals surface area contributed by atoms with Crippen molar-refractivity contribution in [3.05, 3.63) is 58.5 Å². The average Bonchev–Trinajstić information content (AvgIpc) is 3.24. The van der Waals surface area contributed by atoms with Gasteiger partial charge in [-0.15, -0.1) is 0 Å².